The fraction of sp³-hybridized carbons (Fsp3) is 0.261. The summed E-state index contributed by atoms with van der Waals surface area (Å²) in [5, 5.41) is 11.9. The minimum absolute atomic E-state index is 0.342. The molecule has 3 heterocycles. The lowest BCUT2D eigenvalue weighted by atomic mass is 10.0. The number of ether oxygens (including phenoxy) is 2. The van der Waals surface area contributed by atoms with E-state index in [1.54, 1.807) is 11.3 Å². The van der Waals surface area contributed by atoms with Crippen molar-refractivity contribution in [2.45, 2.75) is 36.8 Å². The van der Waals surface area contributed by atoms with Gasteiger partial charge in [0.05, 0.1) is 5.69 Å². The molecule has 2 aromatic heterocycles. The second-order valence-corrected chi connectivity index (χ2v) is 9.26. The quantitative estimate of drug-likeness (QED) is 0.327. The van der Waals surface area contributed by atoms with E-state index in [2.05, 4.69) is 53.7 Å². The van der Waals surface area contributed by atoms with Crippen LogP contribution in [0.4, 0.5) is 0 Å². The third-order valence-corrected chi connectivity index (χ3v) is 6.72. The van der Waals surface area contributed by atoms with Crippen LogP contribution in [0.5, 0.6) is 11.5 Å². The molecule has 5 rings (SSSR count). The van der Waals surface area contributed by atoms with Crippen molar-refractivity contribution >= 4 is 23.1 Å². The molecule has 1 atom stereocenters. The second kappa shape index (κ2) is 8.72. The van der Waals surface area contributed by atoms with E-state index >= 15 is 0 Å². The molecule has 31 heavy (non-hydrogen) atoms. The Balaban J connectivity index is 1.20. The maximum atomic E-state index is 5.93. The molecule has 0 spiro atoms. The van der Waals surface area contributed by atoms with Gasteiger partial charge in [-0.3, -0.25) is 0 Å². The maximum absolute atomic E-state index is 5.93. The van der Waals surface area contributed by atoms with Crippen molar-refractivity contribution in [3.05, 3.63) is 71.1 Å². The number of thioether (sulfide) groups is 1. The van der Waals surface area contributed by atoms with Gasteiger partial charge in [0.1, 0.15) is 11.6 Å². The van der Waals surface area contributed by atoms with Crippen LogP contribution in [0.15, 0.2) is 63.6 Å². The average Bonchev–Trinajstić information content (AvgIpc) is 3.47. The van der Waals surface area contributed by atoms with E-state index < -0.39 is 6.10 Å². The van der Waals surface area contributed by atoms with Gasteiger partial charge in [-0.15, -0.1) is 21.5 Å². The molecule has 2 aromatic carbocycles. The van der Waals surface area contributed by atoms with Gasteiger partial charge in [0, 0.05) is 16.7 Å². The molecular weight excluding hydrogens is 430 g/mol. The summed E-state index contributed by atoms with van der Waals surface area (Å²) in [5.74, 6) is 3.01. The molecule has 0 amide bonds. The molecule has 0 radical (unpaired) electrons. The van der Waals surface area contributed by atoms with Crippen LogP contribution in [0.25, 0.3) is 10.6 Å². The van der Waals surface area contributed by atoms with Crippen LogP contribution in [-0.4, -0.2) is 21.8 Å². The highest BCUT2D eigenvalue weighted by Gasteiger charge is 2.27. The summed E-state index contributed by atoms with van der Waals surface area (Å²) in [6.45, 7) is 4.74. The first-order valence-electron chi connectivity index (χ1n) is 10.0. The SMILES string of the molecule is CC(C)c1ccc(-c2nc(CSc3nnc(C4COc5ccccc5O4)o3)cs2)cc1. The van der Waals surface area contributed by atoms with Gasteiger partial charge in [0.2, 0.25) is 6.10 Å². The minimum atomic E-state index is -0.406. The molecule has 158 valence electrons. The van der Waals surface area contributed by atoms with Crippen LogP contribution in [0.3, 0.4) is 0 Å². The molecule has 8 heteroatoms. The Morgan fingerprint density at radius 2 is 1.87 bits per heavy atom. The standard InChI is InChI=1S/C23H21N3O3S2/c1-14(2)15-7-9-16(10-8-15)22-24-17(12-30-22)13-31-23-26-25-21(29-23)20-11-27-18-5-3-4-6-19(18)28-20/h3-10,12,14,20H,11,13H2,1-2H3. The van der Waals surface area contributed by atoms with Crippen LogP contribution < -0.4 is 9.47 Å². The van der Waals surface area contributed by atoms with Crippen molar-refractivity contribution in [1.29, 1.82) is 0 Å². The Hall–Kier alpha value is -2.84. The largest absolute Gasteiger partial charge is 0.485 e. The summed E-state index contributed by atoms with van der Waals surface area (Å²) in [6.07, 6.45) is -0.406. The fourth-order valence-corrected chi connectivity index (χ4v) is 4.80. The molecule has 4 aromatic rings. The van der Waals surface area contributed by atoms with Crippen molar-refractivity contribution in [1.82, 2.24) is 15.2 Å². The molecular formula is C23H21N3O3S2. The fourth-order valence-electron chi connectivity index (χ4n) is 3.20. The Labute approximate surface area is 188 Å². The van der Waals surface area contributed by atoms with Crippen LogP contribution >= 0.6 is 23.1 Å². The van der Waals surface area contributed by atoms with E-state index in [1.807, 2.05) is 24.3 Å². The summed E-state index contributed by atoms with van der Waals surface area (Å²) < 4.78 is 17.5. The average molecular weight is 452 g/mol. The predicted octanol–water partition coefficient (Wildman–Crippen LogP) is 6.12. The summed E-state index contributed by atoms with van der Waals surface area (Å²) in [4.78, 5) is 4.75. The lowest BCUT2D eigenvalue weighted by molar-refractivity contribution is 0.0686. The molecule has 6 nitrogen and oxygen atoms in total. The highest BCUT2D eigenvalue weighted by atomic mass is 32.2. The van der Waals surface area contributed by atoms with E-state index in [-0.39, 0.29) is 0 Å². The Morgan fingerprint density at radius 3 is 2.68 bits per heavy atom. The number of fused-ring (bicyclic) bond motifs is 1. The number of hydrogen-bond donors (Lipinski definition) is 0. The van der Waals surface area contributed by atoms with Gasteiger partial charge in [-0.1, -0.05) is 62.0 Å². The molecule has 0 fully saturated rings. The van der Waals surface area contributed by atoms with Gasteiger partial charge >= 0.3 is 0 Å². The first-order chi connectivity index (χ1) is 15.2. The van der Waals surface area contributed by atoms with Gasteiger partial charge < -0.3 is 13.9 Å². The number of rotatable bonds is 6. The van der Waals surface area contributed by atoms with Crippen molar-refractivity contribution in [2.24, 2.45) is 0 Å². The number of nitrogens with zero attached hydrogens (tertiary/aromatic N) is 3. The topological polar surface area (TPSA) is 70.3 Å². The van der Waals surface area contributed by atoms with Gasteiger partial charge in [-0.05, 0) is 23.6 Å². The normalized spacial score (nSPS) is 15.4. The van der Waals surface area contributed by atoms with E-state index in [4.69, 9.17) is 18.9 Å². The predicted molar refractivity (Wildman–Crippen MR) is 121 cm³/mol. The van der Waals surface area contributed by atoms with Crippen molar-refractivity contribution in [2.75, 3.05) is 6.61 Å². The minimum Gasteiger partial charge on any atom is -0.485 e. The molecule has 0 N–H and O–H groups in total. The first-order valence-corrected chi connectivity index (χ1v) is 11.9. The van der Waals surface area contributed by atoms with Gasteiger partial charge in [0.25, 0.3) is 11.1 Å². The van der Waals surface area contributed by atoms with Crippen molar-refractivity contribution in [3.63, 3.8) is 0 Å². The first kappa shape index (κ1) is 20.1. The summed E-state index contributed by atoms with van der Waals surface area (Å²) >= 11 is 3.11. The van der Waals surface area contributed by atoms with Gasteiger partial charge in [-0.25, -0.2) is 4.98 Å². The van der Waals surface area contributed by atoms with E-state index in [9.17, 15) is 0 Å². The van der Waals surface area contributed by atoms with Crippen LogP contribution in [0.2, 0.25) is 0 Å². The zero-order chi connectivity index (χ0) is 21.2. The molecule has 0 bridgehead atoms. The van der Waals surface area contributed by atoms with E-state index in [0.717, 1.165) is 22.0 Å². The monoisotopic (exact) mass is 451 g/mol. The second-order valence-electron chi connectivity index (χ2n) is 7.48. The summed E-state index contributed by atoms with van der Waals surface area (Å²) in [5.41, 5.74) is 3.46. The summed E-state index contributed by atoms with van der Waals surface area (Å²) in [7, 11) is 0. The number of para-hydroxylation sites is 2. The van der Waals surface area contributed by atoms with Gasteiger partial charge in [0.15, 0.2) is 11.5 Å². The van der Waals surface area contributed by atoms with Crippen LogP contribution in [-0.2, 0) is 5.75 Å². The number of hydrogen-bond acceptors (Lipinski definition) is 8. The van der Waals surface area contributed by atoms with Crippen molar-refractivity contribution in [3.8, 4) is 22.1 Å². The Morgan fingerprint density at radius 1 is 1.06 bits per heavy atom. The molecule has 1 aliphatic heterocycles. The third kappa shape index (κ3) is 4.45. The van der Waals surface area contributed by atoms with Crippen LogP contribution in [0.1, 0.15) is 43.0 Å². The number of benzene rings is 2. The lowest BCUT2D eigenvalue weighted by Gasteiger charge is -2.23. The van der Waals surface area contributed by atoms with Crippen molar-refractivity contribution < 1.29 is 13.9 Å². The molecule has 0 aliphatic carbocycles. The highest BCUT2D eigenvalue weighted by molar-refractivity contribution is 7.98. The Kier molecular flexibility index (Phi) is 5.65. The third-order valence-electron chi connectivity index (χ3n) is 4.93. The molecule has 0 saturated heterocycles. The zero-order valence-corrected chi connectivity index (χ0v) is 18.8. The van der Waals surface area contributed by atoms with E-state index in [0.29, 0.717) is 35.1 Å². The zero-order valence-electron chi connectivity index (χ0n) is 17.1. The highest BCUT2D eigenvalue weighted by Crippen LogP contribution is 2.36. The summed E-state index contributed by atoms with van der Waals surface area (Å²) in [6, 6.07) is 16.2. The number of thiazole rings is 1. The van der Waals surface area contributed by atoms with Gasteiger partial charge in [-0.2, -0.15) is 0 Å². The Bertz CT molecular complexity index is 1170. The molecule has 0 saturated carbocycles. The molecule has 1 unspecified atom stereocenters. The smallest absolute Gasteiger partial charge is 0.277 e. The van der Waals surface area contributed by atoms with E-state index in [1.165, 1.54) is 17.3 Å². The lowest BCUT2D eigenvalue weighted by Crippen LogP contribution is -2.21. The maximum Gasteiger partial charge on any atom is 0.277 e. The number of aromatic nitrogens is 3. The molecule has 1 aliphatic rings. The van der Waals surface area contributed by atoms with Crippen LogP contribution in [0, 0.1) is 0 Å².